The molecule has 8 heteroatoms. The molecule has 0 bridgehead atoms. The summed E-state index contributed by atoms with van der Waals surface area (Å²) in [5, 5.41) is 2.55. The van der Waals surface area contributed by atoms with Crippen molar-refractivity contribution in [3.05, 3.63) is 35.1 Å². The van der Waals surface area contributed by atoms with Gasteiger partial charge in [0.2, 0.25) is 5.91 Å². The van der Waals surface area contributed by atoms with Crippen LogP contribution in [0.25, 0.3) is 0 Å². The fourth-order valence-electron chi connectivity index (χ4n) is 2.94. The van der Waals surface area contributed by atoms with Gasteiger partial charge in [-0.05, 0) is 51.7 Å². The lowest BCUT2D eigenvalue weighted by Gasteiger charge is -2.25. The molecule has 1 aromatic carbocycles. The molecule has 0 aromatic heterocycles. The van der Waals surface area contributed by atoms with Crippen molar-refractivity contribution < 1.29 is 27.5 Å². The maximum Gasteiger partial charge on any atom is 0.407 e. The summed E-state index contributed by atoms with van der Waals surface area (Å²) in [5.41, 5.74) is -0.870. The van der Waals surface area contributed by atoms with Gasteiger partial charge in [-0.25, -0.2) is 18.0 Å². The number of nitrogens with one attached hydrogen (secondary N) is 1. The van der Waals surface area contributed by atoms with E-state index in [4.69, 9.17) is 4.74 Å². The summed E-state index contributed by atoms with van der Waals surface area (Å²) >= 11 is 0. The molecule has 150 valence electrons. The number of hydrogen-bond donors (Lipinski definition) is 1. The standard InChI is InChI=1S/C19H25F3N2O3/c1-19(2,3)27-18(26)23-13(10-17(25)24-6-4-5-7-24)8-12-9-15(21)16(22)11-14(12)20/h9,11,13H,4-8,10H2,1-3H3,(H,23,26). The largest absolute Gasteiger partial charge is 0.444 e. The molecule has 0 spiro atoms. The van der Waals surface area contributed by atoms with E-state index in [-0.39, 0.29) is 24.3 Å². The van der Waals surface area contributed by atoms with Crippen molar-refractivity contribution >= 4 is 12.0 Å². The van der Waals surface area contributed by atoms with Crippen molar-refractivity contribution in [1.82, 2.24) is 10.2 Å². The molecule has 1 fully saturated rings. The molecule has 2 rings (SSSR count). The van der Waals surface area contributed by atoms with Crippen molar-refractivity contribution in [3.63, 3.8) is 0 Å². The van der Waals surface area contributed by atoms with Crippen LogP contribution in [0.2, 0.25) is 0 Å². The van der Waals surface area contributed by atoms with Crippen molar-refractivity contribution in [2.45, 2.75) is 58.1 Å². The normalized spacial score (nSPS) is 15.6. The Hall–Kier alpha value is -2.25. The molecule has 0 radical (unpaired) electrons. The second-order valence-corrected chi connectivity index (χ2v) is 7.70. The van der Waals surface area contributed by atoms with Crippen molar-refractivity contribution in [2.75, 3.05) is 13.1 Å². The maximum atomic E-state index is 14.0. The van der Waals surface area contributed by atoms with Crippen LogP contribution in [-0.4, -0.2) is 41.6 Å². The summed E-state index contributed by atoms with van der Waals surface area (Å²) in [7, 11) is 0. The minimum absolute atomic E-state index is 0.0856. The van der Waals surface area contributed by atoms with Crippen molar-refractivity contribution in [3.8, 4) is 0 Å². The van der Waals surface area contributed by atoms with Gasteiger partial charge in [0.1, 0.15) is 11.4 Å². The molecular weight excluding hydrogens is 361 g/mol. The summed E-state index contributed by atoms with van der Waals surface area (Å²) in [6.45, 7) is 6.33. The highest BCUT2D eigenvalue weighted by Crippen LogP contribution is 2.18. The molecule has 27 heavy (non-hydrogen) atoms. The highest BCUT2D eigenvalue weighted by atomic mass is 19.2. The summed E-state index contributed by atoms with van der Waals surface area (Å²) in [6, 6.07) is 0.388. The number of carbonyl (C=O) groups excluding carboxylic acids is 2. The Morgan fingerprint density at radius 1 is 1.11 bits per heavy atom. The summed E-state index contributed by atoms with van der Waals surface area (Å²) < 4.78 is 45.8. The van der Waals surface area contributed by atoms with E-state index in [0.717, 1.165) is 18.9 Å². The molecule has 1 unspecified atom stereocenters. The van der Waals surface area contributed by atoms with E-state index in [9.17, 15) is 22.8 Å². The van der Waals surface area contributed by atoms with Crippen LogP contribution in [-0.2, 0) is 16.0 Å². The van der Waals surface area contributed by atoms with Gasteiger partial charge in [0.15, 0.2) is 11.6 Å². The second-order valence-electron chi connectivity index (χ2n) is 7.70. The fourth-order valence-corrected chi connectivity index (χ4v) is 2.94. The number of amides is 2. The zero-order valence-corrected chi connectivity index (χ0v) is 15.8. The van der Waals surface area contributed by atoms with E-state index in [2.05, 4.69) is 5.32 Å². The Bertz CT molecular complexity index is 698. The number of carbonyl (C=O) groups is 2. The van der Waals surface area contributed by atoms with E-state index >= 15 is 0 Å². The highest BCUT2D eigenvalue weighted by Gasteiger charge is 2.26. The Balaban J connectivity index is 2.14. The number of nitrogens with zero attached hydrogens (tertiary/aromatic N) is 1. The average molecular weight is 386 g/mol. The van der Waals surface area contributed by atoms with Gasteiger partial charge in [-0.1, -0.05) is 0 Å². The number of likely N-dealkylation sites (tertiary alicyclic amines) is 1. The smallest absolute Gasteiger partial charge is 0.407 e. The molecule has 1 heterocycles. The molecule has 2 amide bonds. The Morgan fingerprint density at radius 3 is 2.30 bits per heavy atom. The Kier molecular flexibility index (Phi) is 6.73. The SMILES string of the molecule is CC(C)(C)OC(=O)NC(CC(=O)N1CCCC1)Cc1cc(F)c(F)cc1F. The van der Waals surface area contributed by atoms with Crippen LogP contribution in [0, 0.1) is 17.5 Å². The van der Waals surface area contributed by atoms with Crippen LogP contribution in [0.5, 0.6) is 0 Å². The highest BCUT2D eigenvalue weighted by molar-refractivity contribution is 5.78. The van der Waals surface area contributed by atoms with Gasteiger partial charge in [0.05, 0.1) is 0 Å². The first kappa shape index (κ1) is 21.1. The van der Waals surface area contributed by atoms with Gasteiger partial charge in [0.25, 0.3) is 0 Å². The predicted molar refractivity (Wildman–Crippen MR) is 93.6 cm³/mol. The lowest BCUT2D eigenvalue weighted by Crippen LogP contribution is -2.43. The van der Waals surface area contributed by atoms with Crippen LogP contribution in [0.4, 0.5) is 18.0 Å². The Morgan fingerprint density at radius 2 is 1.70 bits per heavy atom. The molecule has 0 saturated carbocycles. The van der Waals surface area contributed by atoms with E-state index < -0.39 is 35.2 Å². The minimum atomic E-state index is -1.29. The van der Waals surface area contributed by atoms with Crippen LogP contribution in [0.1, 0.15) is 45.6 Å². The summed E-state index contributed by atoms with van der Waals surface area (Å²) in [5.74, 6) is -3.59. The number of hydrogen-bond acceptors (Lipinski definition) is 3. The quantitative estimate of drug-likeness (QED) is 0.788. The van der Waals surface area contributed by atoms with E-state index in [1.165, 1.54) is 0 Å². The van der Waals surface area contributed by atoms with Crippen molar-refractivity contribution in [2.24, 2.45) is 0 Å². The van der Waals surface area contributed by atoms with Gasteiger partial charge in [-0.3, -0.25) is 4.79 Å². The lowest BCUT2D eigenvalue weighted by atomic mass is 10.0. The topological polar surface area (TPSA) is 58.6 Å². The first-order valence-electron chi connectivity index (χ1n) is 8.96. The van der Waals surface area contributed by atoms with E-state index in [1.54, 1.807) is 25.7 Å². The van der Waals surface area contributed by atoms with Crippen LogP contribution < -0.4 is 5.32 Å². The zero-order valence-electron chi connectivity index (χ0n) is 15.8. The molecule has 5 nitrogen and oxygen atoms in total. The summed E-state index contributed by atoms with van der Waals surface area (Å²) in [4.78, 5) is 26.2. The number of rotatable bonds is 5. The zero-order chi connectivity index (χ0) is 20.2. The predicted octanol–water partition coefficient (Wildman–Crippen LogP) is 3.55. The number of ether oxygens (including phenoxy) is 1. The molecule has 1 atom stereocenters. The van der Waals surface area contributed by atoms with Crippen molar-refractivity contribution in [1.29, 1.82) is 0 Å². The van der Waals surface area contributed by atoms with Gasteiger partial charge in [-0.2, -0.15) is 0 Å². The summed E-state index contributed by atoms with van der Waals surface area (Å²) in [6.07, 6.45) is 0.811. The second kappa shape index (κ2) is 8.63. The number of benzene rings is 1. The molecule has 1 saturated heterocycles. The maximum absolute atomic E-state index is 14.0. The lowest BCUT2D eigenvalue weighted by molar-refractivity contribution is -0.130. The van der Waals surface area contributed by atoms with Gasteiger partial charge >= 0.3 is 6.09 Å². The number of halogens is 3. The third kappa shape index (κ3) is 6.45. The molecule has 1 aliphatic heterocycles. The Labute approximate surface area is 156 Å². The van der Waals surface area contributed by atoms with Gasteiger partial charge in [-0.15, -0.1) is 0 Å². The van der Waals surface area contributed by atoms with Gasteiger partial charge < -0.3 is 15.0 Å². The fraction of sp³-hybridized carbons (Fsp3) is 0.579. The van der Waals surface area contributed by atoms with Crippen LogP contribution >= 0.6 is 0 Å². The van der Waals surface area contributed by atoms with Crippen LogP contribution in [0.15, 0.2) is 12.1 Å². The molecule has 0 aliphatic carbocycles. The first-order chi connectivity index (χ1) is 12.5. The van der Waals surface area contributed by atoms with Crippen LogP contribution in [0.3, 0.4) is 0 Å². The molecule has 1 N–H and O–H groups in total. The number of alkyl carbamates (subject to hydrolysis) is 1. The third-order valence-electron chi connectivity index (χ3n) is 4.16. The third-order valence-corrected chi connectivity index (χ3v) is 4.16. The molecule has 1 aromatic rings. The monoisotopic (exact) mass is 386 g/mol. The van der Waals surface area contributed by atoms with E-state index in [1.807, 2.05) is 0 Å². The van der Waals surface area contributed by atoms with Gasteiger partial charge in [0, 0.05) is 31.6 Å². The molecular formula is C19H25F3N2O3. The first-order valence-corrected chi connectivity index (χ1v) is 8.96. The van der Waals surface area contributed by atoms with E-state index in [0.29, 0.717) is 19.2 Å². The minimum Gasteiger partial charge on any atom is -0.444 e. The average Bonchev–Trinajstić information content (AvgIpc) is 3.05. The molecule has 1 aliphatic rings.